The minimum atomic E-state index is -1.14. The number of carbonyl (C=O) groups excluding carboxylic acids is 7. The van der Waals surface area contributed by atoms with E-state index in [1.54, 1.807) is 27.7 Å². The second kappa shape index (κ2) is 29.0. The van der Waals surface area contributed by atoms with Gasteiger partial charge in [-0.15, -0.1) is 12.4 Å². The van der Waals surface area contributed by atoms with E-state index in [0.717, 1.165) is 55.6 Å². The smallest absolute Gasteiger partial charge is 0.408 e. The molecule has 2 aliphatic carbocycles. The molecule has 0 unspecified atom stereocenters. The van der Waals surface area contributed by atoms with E-state index in [9.17, 15) is 33.6 Å². The molecule has 2 aliphatic rings. The quantitative estimate of drug-likeness (QED) is 0.0389. The summed E-state index contributed by atoms with van der Waals surface area (Å²) in [5.41, 5.74) is 15.3. The second-order valence-electron chi connectivity index (χ2n) is 20.4. The Kier molecular flexibility index (Phi) is 22.1. The molecule has 0 aliphatic heterocycles. The van der Waals surface area contributed by atoms with Gasteiger partial charge in [0.2, 0.25) is 0 Å². The van der Waals surface area contributed by atoms with Gasteiger partial charge in [-0.1, -0.05) is 158 Å². The number of ketones is 2. The van der Waals surface area contributed by atoms with E-state index in [4.69, 9.17) is 29.4 Å². The van der Waals surface area contributed by atoms with Gasteiger partial charge >= 0.3 is 30.2 Å². The third kappa shape index (κ3) is 17.1. The van der Waals surface area contributed by atoms with Gasteiger partial charge in [0.1, 0.15) is 49.9 Å². The highest BCUT2D eigenvalue weighted by Gasteiger charge is 2.33. The monoisotopic (exact) mass is 1110 g/mol. The van der Waals surface area contributed by atoms with E-state index in [1.165, 1.54) is 6.92 Å². The number of benzene rings is 6. The predicted molar refractivity (Wildman–Crippen MR) is 305 cm³/mol. The Labute approximate surface area is 472 Å². The summed E-state index contributed by atoms with van der Waals surface area (Å²) in [6, 6.07) is 46.7. The van der Waals surface area contributed by atoms with E-state index >= 15 is 0 Å². The zero-order chi connectivity index (χ0) is 56.5. The molecule has 0 saturated heterocycles. The standard InChI is InChI=1S/C34H38N2O7.C29H30N2O5.ClH/c1-22(35-33(40)43-34(2,3)4)30(37)19-18-29(31(38)41-20-23-12-6-5-7-13-23)36-32(39)42-21-28-26-16-10-8-14-24(26)25-15-9-11-17-27(25)28;1-19(30)27(32)16-15-26(28(33)35-17-20-9-3-2-4-10-20)31-29(34)36-18-25-23-13-7-5-11-21(23)22-12-6-8-14-24(22)25;/h5-17,22,28-29H,18-21H2,1-4H3,(H,35,40)(H,36,39);2-14,19,25-26H,15-18,30H2,1H3,(H,31,34);1H/t22-,29+;19-,26+;/m11./s1. The Hall–Kier alpha value is -8.34. The molecule has 6 aromatic carbocycles. The number of hydrogen-bond acceptors (Lipinski definition) is 13. The van der Waals surface area contributed by atoms with Crippen LogP contribution in [0.1, 0.15) is 106 Å². The third-order valence-corrected chi connectivity index (χ3v) is 13.4. The van der Waals surface area contributed by atoms with Gasteiger partial charge in [-0.05, 0) is 103 Å². The van der Waals surface area contributed by atoms with Crippen molar-refractivity contribution in [3.8, 4) is 22.3 Å². The molecule has 420 valence electrons. The van der Waals surface area contributed by atoms with Crippen LogP contribution < -0.4 is 21.7 Å². The topological polar surface area (TPSA) is 228 Å². The minimum absolute atomic E-state index is 0. The highest BCUT2D eigenvalue weighted by atomic mass is 35.5. The number of amides is 3. The summed E-state index contributed by atoms with van der Waals surface area (Å²) in [7, 11) is 0. The summed E-state index contributed by atoms with van der Waals surface area (Å²) in [6.45, 7) is 8.54. The fourth-order valence-corrected chi connectivity index (χ4v) is 9.30. The molecular formula is C63H69ClN4O12. The lowest BCUT2D eigenvalue weighted by Crippen LogP contribution is -2.44. The molecule has 4 atom stereocenters. The van der Waals surface area contributed by atoms with Crippen LogP contribution in [0.15, 0.2) is 158 Å². The van der Waals surface area contributed by atoms with Crippen LogP contribution in [0, 0.1) is 0 Å². The van der Waals surface area contributed by atoms with Crippen LogP contribution in [-0.4, -0.2) is 84.8 Å². The van der Waals surface area contributed by atoms with E-state index in [-0.39, 0.29) is 87.9 Å². The first-order valence-corrected chi connectivity index (χ1v) is 26.4. The number of rotatable bonds is 21. The fourth-order valence-electron chi connectivity index (χ4n) is 9.30. The van der Waals surface area contributed by atoms with Crippen LogP contribution in [0.3, 0.4) is 0 Å². The number of Topliss-reactive ketones (excluding diaryl/α,β-unsaturated/α-hetero) is 2. The van der Waals surface area contributed by atoms with Crippen LogP contribution in [-0.2, 0) is 56.1 Å². The van der Waals surface area contributed by atoms with Crippen molar-refractivity contribution in [2.75, 3.05) is 13.2 Å². The normalized spacial score (nSPS) is 13.5. The number of fused-ring (bicyclic) bond motifs is 6. The fraction of sp³-hybridized carbons (Fsp3) is 0.317. The summed E-state index contributed by atoms with van der Waals surface area (Å²) < 4.78 is 27.3. The number of hydrogen-bond donors (Lipinski definition) is 4. The van der Waals surface area contributed by atoms with Crippen LogP contribution in [0.2, 0.25) is 0 Å². The summed E-state index contributed by atoms with van der Waals surface area (Å²) in [5.74, 6) is -2.12. The van der Waals surface area contributed by atoms with Gasteiger partial charge in [-0.2, -0.15) is 0 Å². The first-order chi connectivity index (χ1) is 37.9. The number of nitrogens with two attached hydrogens (primary N) is 1. The maximum absolute atomic E-state index is 13.1. The highest BCUT2D eigenvalue weighted by Crippen LogP contribution is 2.45. The Bertz CT molecular complexity index is 3000. The lowest BCUT2D eigenvalue weighted by atomic mass is 9.98. The molecule has 0 saturated carbocycles. The minimum Gasteiger partial charge on any atom is -0.459 e. The number of esters is 2. The average molecular weight is 1110 g/mol. The molecule has 0 heterocycles. The van der Waals surface area contributed by atoms with E-state index in [0.29, 0.717) is 0 Å². The van der Waals surface area contributed by atoms with E-state index in [2.05, 4.69) is 28.1 Å². The van der Waals surface area contributed by atoms with Crippen molar-refractivity contribution in [3.05, 3.63) is 191 Å². The lowest BCUT2D eigenvalue weighted by molar-refractivity contribution is -0.148. The molecule has 6 aromatic rings. The van der Waals surface area contributed by atoms with Crippen molar-refractivity contribution in [2.24, 2.45) is 5.73 Å². The number of alkyl carbamates (subject to hydrolysis) is 3. The van der Waals surface area contributed by atoms with Gasteiger partial charge < -0.3 is 45.4 Å². The van der Waals surface area contributed by atoms with E-state index < -0.39 is 60.0 Å². The molecule has 80 heavy (non-hydrogen) atoms. The number of halogens is 1. The molecule has 5 N–H and O–H groups in total. The van der Waals surface area contributed by atoms with Gasteiger partial charge in [0.05, 0.1) is 12.1 Å². The van der Waals surface area contributed by atoms with Crippen molar-refractivity contribution in [2.45, 2.75) is 115 Å². The van der Waals surface area contributed by atoms with Crippen molar-refractivity contribution in [3.63, 3.8) is 0 Å². The third-order valence-electron chi connectivity index (χ3n) is 13.4. The molecular weight excluding hydrogens is 1040 g/mol. The van der Waals surface area contributed by atoms with Crippen LogP contribution in [0.5, 0.6) is 0 Å². The molecule has 0 fully saturated rings. The number of carbonyl (C=O) groups is 7. The summed E-state index contributed by atoms with van der Waals surface area (Å²) in [6.07, 6.45) is -2.31. The highest BCUT2D eigenvalue weighted by molar-refractivity contribution is 5.89. The summed E-state index contributed by atoms with van der Waals surface area (Å²) in [4.78, 5) is 88.5. The maximum Gasteiger partial charge on any atom is 0.408 e. The van der Waals surface area contributed by atoms with Crippen molar-refractivity contribution < 1.29 is 57.2 Å². The van der Waals surface area contributed by atoms with Crippen molar-refractivity contribution in [1.29, 1.82) is 0 Å². The first kappa shape index (κ1) is 60.9. The van der Waals surface area contributed by atoms with Gasteiger partial charge in [-0.3, -0.25) is 9.59 Å². The number of ether oxygens (including phenoxy) is 5. The molecule has 0 radical (unpaired) electrons. The first-order valence-electron chi connectivity index (χ1n) is 26.4. The molecule has 8 rings (SSSR count). The van der Waals surface area contributed by atoms with Crippen LogP contribution in [0.4, 0.5) is 14.4 Å². The van der Waals surface area contributed by atoms with Gasteiger partial charge in [0.15, 0.2) is 5.78 Å². The van der Waals surface area contributed by atoms with Crippen molar-refractivity contribution in [1.82, 2.24) is 16.0 Å². The molecule has 17 heteroatoms. The number of nitrogens with one attached hydrogen (secondary N) is 3. The predicted octanol–water partition coefficient (Wildman–Crippen LogP) is 10.7. The summed E-state index contributed by atoms with van der Waals surface area (Å²) in [5, 5.41) is 7.69. The molecule has 3 amide bonds. The van der Waals surface area contributed by atoms with Crippen LogP contribution in [0.25, 0.3) is 22.3 Å². The second-order valence-corrected chi connectivity index (χ2v) is 20.4. The summed E-state index contributed by atoms with van der Waals surface area (Å²) >= 11 is 0. The van der Waals surface area contributed by atoms with Crippen molar-refractivity contribution >= 4 is 54.2 Å². The molecule has 0 bridgehead atoms. The molecule has 0 aromatic heterocycles. The zero-order valence-corrected chi connectivity index (χ0v) is 46.3. The Morgan fingerprint density at radius 1 is 0.463 bits per heavy atom. The SMILES string of the molecule is C[C@@H](N)C(=O)CC[C@H](NC(=O)OCC1c2ccccc2-c2ccccc21)C(=O)OCc1ccccc1.C[C@@H](NC(=O)OC(C)(C)C)C(=O)CC[C@H](NC(=O)OCC1c2ccccc2-c2ccccc21)C(=O)OCc1ccccc1.Cl. The maximum atomic E-state index is 13.1. The zero-order valence-electron chi connectivity index (χ0n) is 45.5. The molecule has 0 spiro atoms. The van der Waals surface area contributed by atoms with E-state index in [1.807, 2.05) is 146 Å². The van der Waals surface area contributed by atoms with Gasteiger partial charge in [-0.25, -0.2) is 24.0 Å². The lowest BCUT2D eigenvalue weighted by Gasteiger charge is -2.22. The van der Waals surface area contributed by atoms with Crippen LogP contribution >= 0.6 is 12.4 Å². The Balaban J connectivity index is 0.000000259. The molecule has 16 nitrogen and oxygen atoms in total. The largest absolute Gasteiger partial charge is 0.459 e. The average Bonchev–Trinajstić information content (AvgIpc) is 3.94. The van der Waals surface area contributed by atoms with Gasteiger partial charge in [0, 0.05) is 24.7 Å². The Morgan fingerprint density at radius 3 is 1.15 bits per heavy atom. The Morgan fingerprint density at radius 2 is 0.800 bits per heavy atom. The van der Waals surface area contributed by atoms with Gasteiger partial charge in [0.25, 0.3) is 0 Å².